The second-order valence-electron chi connectivity index (χ2n) is 25.0. The number of hydrogen-bond acceptors (Lipinski definition) is 15. The summed E-state index contributed by atoms with van der Waals surface area (Å²) in [5.74, 6) is -11.7. The first-order valence-corrected chi connectivity index (χ1v) is 35.1. The predicted molar refractivity (Wildman–Crippen MR) is 370 cm³/mol. The van der Waals surface area contributed by atoms with Crippen molar-refractivity contribution in [2.45, 2.75) is 137 Å². The van der Waals surface area contributed by atoms with E-state index in [1.54, 1.807) is 0 Å². The molecule has 0 aliphatic carbocycles. The van der Waals surface area contributed by atoms with Crippen LogP contribution in [0.2, 0.25) is 0 Å². The molecule has 0 unspecified atom stereocenters. The standard InChI is InChI=1S/C69H80F3N15O12S2/c1-69-18-7-20-87(69)67(98)56(23-40-10-2-3-11-48(40)72)85-65(96)54(28-45-32-75-37-79-45)83-66(97)55(29-60(90)91)84-64(95)53(25-42-31-77-50-16-14-44(71)27-47(42)50)82-63(94)52(24-41-30-76-49-15-13-43(70)26-46(41)49)81-59(89)33-78-62(93)51(12-4-5-19-73)80-58(88)17-21-100-34-38-8-6-9-39(22-38)35-101-36-57(61(74)92)86-68(69)99/h2-3,6,8-11,13-16,22,26-27,30-32,37,51-57,76-77H,4-5,7,12,17-21,23-25,28-29,33-36,73H2,1H3,(H2,74,92)(H,75,79)(H,78,93)(H,80,88)(H,81,89)(H,82,94)(H,83,97)(H,84,95)(H,85,96)(H,86,99)(H,90,91)/t51-,52-,53-,54-,55-,56-,57-,69-/m0/s1. The average Bonchev–Trinajstić information content (AvgIpc) is 1.69. The van der Waals surface area contributed by atoms with Crippen LogP contribution in [0.25, 0.3) is 21.8 Å². The molecular formula is C69H80F3N15O12S2. The van der Waals surface area contributed by atoms with Crippen LogP contribution in [0.15, 0.2) is 110 Å². The van der Waals surface area contributed by atoms with E-state index in [2.05, 4.69) is 62.5 Å². The first-order valence-electron chi connectivity index (χ1n) is 32.8. The van der Waals surface area contributed by atoms with E-state index in [1.807, 2.05) is 24.3 Å². The smallest absolute Gasteiger partial charge is 0.305 e. The Morgan fingerprint density at radius 3 is 1.83 bits per heavy atom. The Morgan fingerprint density at radius 1 is 0.634 bits per heavy atom. The van der Waals surface area contributed by atoms with Crippen molar-refractivity contribution in [2.75, 3.05) is 31.1 Å². The van der Waals surface area contributed by atoms with Gasteiger partial charge in [-0.3, -0.25) is 52.7 Å². The van der Waals surface area contributed by atoms with E-state index in [0.717, 1.165) is 23.3 Å². The van der Waals surface area contributed by atoms with Gasteiger partial charge < -0.3 is 79.0 Å². The number of imidazole rings is 1. The number of carboxylic acid groups (broad SMARTS) is 1. The zero-order valence-electron chi connectivity index (χ0n) is 55.1. The minimum Gasteiger partial charge on any atom is -0.481 e. The molecule has 2 aliphatic rings. The lowest BCUT2D eigenvalue weighted by atomic mass is 9.95. The van der Waals surface area contributed by atoms with E-state index < -0.39 is 163 Å². The van der Waals surface area contributed by atoms with Crippen LogP contribution < -0.4 is 54.0 Å². The van der Waals surface area contributed by atoms with Gasteiger partial charge in [0, 0.05) is 108 Å². The van der Waals surface area contributed by atoms with Gasteiger partial charge in [0.15, 0.2) is 0 Å². The summed E-state index contributed by atoms with van der Waals surface area (Å²) in [6.07, 6.45) is 3.93. The van der Waals surface area contributed by atoms with Crippen LogP contribution in [0.3, 0.4) is 0 Å². The lowest BCUT2D eigenvalue weighted by molar-refractivity contribution is -0.147. The molecule has 536 valence electrons. The average molecular weight is 1430 g/mol. The Balaban J connectivity index is 1.06. The van der Waals surface area contributed by atoms with Gasteiger partial charge in [-0.1, -0.05) is 42.5 Å². The number of hydrogen-bond donors (Lipinski definition) is 14. The Bertz CT molecular complexity index is 4180. The molecule has 101 heavy (non-hydrogen) atoms. The number of nitrogens with two attached hydrogens (primary N) is 2. The van der Waals surface area contributed by atoms with Crippen LogP contribution in [0, 0.1) is 17.5 Å². The van der Waals surface area contributed by atoms with Crippen LogP contribution in [0.4, 0.5) is 13.2 Å². The molecule has 10 amide bonds. The summed E-state index contributed by atoms with van der Waals surface area (Å²) < 4.78 is 45.5. The largest absolute Gasteiger partial charge is 0.481 e. The van der Waals surface area contributed by atoms with Crippen LogP contribution in [0.5, 0.6) is 0 Å². The maximum Gasteiger partial charge on any atom is 0.305 e. The number of halogens is 3. The number of carbonyl (C=O) groups excluding carboxylic acids is 10. The fraction of sp³-hybridized carbons (Fsp3) is 0.391. The van der Waals surface area contributed by atoms with Crippen LogP contribution in [0.1, 0.15) is 85.4 Å². The quantitative estimate of drug-likeness (QED) is 0.0656. The van der Waals surface area contributed by atoms with Crippen molar-refractivity contribution in [1.29, 1.82) is 0 Å². The number of aromatic amines is 3. The summed E-state index contributed by atoms with van der Waals surface area (Å²) in [6.45, 7) is 0.983. The number of nitrogens with zero attached hydrogens (tertiary/aromatic N) is 2. The minimum absolute atomic E-state index is 0.00265. The lowest BCUT2D eigenvalue weighted by Gasteiger charge is -2.37. The highest BCUT2D eigenvalue weighted by Crippen LogP contribution is 2.32. The summed E-state index contributed by atoms with van der Waals surface area (Å²) in [4.78, 5) is 171. The molecule has 1 fully saturated rings. The van der Waals surface area contributed by atoms with Crippen molar-refractivity contribution < 1.29 is 71.0 Å². The number of rotatable bonds is 15. The topological polar surface area (TPSA) is 420 Å². The van der Waals surface area contributed by atoms with Crippen molar-refractivity contribution in [3.63, 3.8) is 0 Å². The number of benzene rings is 4. The van der Waals surface area contributed by atoms with Gasteiger partial charge in [-0.05, 0) is 116 Å². The molecule has 0 saturated carbocycles. The zero-order chi connectivity index (χ0) is 72.3. The Kier molecular flexibility index (Phi) is 26.1. The molecule has 8 atom stereocenters. The lowest BCUT2D eigenvalue weighted by Crippen LogP contribution is -2.63. The zero-order valence-corrected chi connectivity index (χ0v) is 56.7. The highest BCUT2D eigenvalue weighted by Gasteiger charge is 2.49. The van der Waals surface area contributed by atoms with Gasteiger partial charge in [0.05, 0.1) is 19.3 Å². The molecule has 2 bridgehead atoms. The second kappa shape index (κ2) is 35.2. The molecule has 5 heterocycles. The first-order chi connectivity index (χ1) is 48.4. The molecule has 2 aliphatic heterocycles. The van der Waals surface area contributed by atoms with Crippen LogP contribution in [-0.2, 0) is 89.9 Å². The van der Waals surface area contributed by atoms with Crippen LogP contribution >= 0.6 is 23.5 Å². The van der Waals surface area contributed by atoms with E-state index in [0.29, 0.717) is 58.6 Å². The van der Waals surface area contributed by atoms with Gasteiger partial charge in [0.2, 0.25) is 59.1 Å². The molecule has 3 aromatic heterocycles. The van der Waals surface area contributed by atoms with Gasteiger partial charge in [-0.15, -0.1) is 0 Å². The molecule has 32 heteroatoms. The van der Waals surface area contributed by atoms with E-state index in [1.165, 1.54) is 109 Å². The number of fused-ring (bicyclic) bond motifs is 5. The number of carbonyl (C=O) groups is 11. The van der Waals surface area contributed by atoms with Crippen molar-refractivity contribution in [2.24, 2.45) is 11.5 Å². The van der Waals surface area contributed by atoms with Crippen LogP contribution in [-0.4, -0.2) is 174 Å². The minimum atomic E-state index is -2.07. The molecule has 0 radical (unpaired) electrons. The van der Waals surface area contributed by atoms with Gasteiger partial charge >= 0.3 is 5.97 Å². The third-order valence-electron chi connectivity index (χ3n) is 17.6. The highest BCUT2D eigenvalue weighted by atomic mass is 32.2. The maximum absolute atomic E-state index is 15.7. The van der Waals surface area contributed by atoms with Crippen molar-refractivity contribution in [3.8, 4) is 0 Å². The van der Waals surface area contributed by atoms with E-state index in [4.69, 9.17) is 11.5 Å². The molecule has 1 saturated heterocycles. The fourth-order valence-corrected chi connectivity index (χ4v) is 14.1. The monoisotopic (exact) mass is 1430 g/mol. The number of unbranched alkanes of at least 4 members (excludes halogenated alkanes) is 1. The summed E-state index contributed by atoms with van der Waals surface area (Å²) in [5, 5.41) is 31.7. The Labute approximate surface area is 586 Å². The Hall–Kier alpha value is -10.2. The number of carboxylic acids is 1. The number of thioether (sulfide) groups is 2. The van der Waals surface area contributed by atoms with Crippen molar-refractivity contribution in [3.05, 3.63) is 161 Å². The van der Waals surface area contributed by atoms with E-state index in [9.17, 15) is 52.2 Å². The van der Waals surface area contributed by atoms with Crippen molar-refractivity contribution in [1.82, 2.24) is 67.4 Å². The summed E-state index contributed by atoms with van der Waals surface area (Å²) >= 11 is 2.76. The summed E-state index contributed by atoms with van der Waals surface area (Å²) in [6, 6.07) is 9.29. The molecule has 4 aromatic carbocycles. The van der Waals surface area contributed by atoms with Gasteiger partial charge in [0.1, 0.15) is 65.3 Å². The number of H-pyrrole nitrogens is 3. The number of aliphatic carboxylic acids is 1. The normalized spacial score (nSPS) is 22.7. The first kappa shape index (κ1) is 75.0. The maximum atomic E-state index is 15.7. The molecule has 27 nitrogen and oxygen atoms in total. The Morgan fingerprint density at radius 2 is 1.22 bits per heavy atom. The fourth-order valence-electron chi connectivity index (χ4n) is 12.2. The molecule has 16 N–H and O–H groups in total. The number of nitrogens with one attached hydrogen (secondary N) is 11. The third kappa shape index (κ3) is 20.5. The molecule has 0 spiro atoms. The summed E-state index contributed by atoms with van der Waals surface area (Å²) in [5.41, 5.74) is 13.3. The van der Waals surface area contributed by atoms with Gasteiger partial charge in [0.25, 0.3) is 0 Å². The SMILES string of the molecule is C[C@@]12CCCN1C(=O)[C@H](Cc1ccccc1F)NC(=O)[C@H](Cc1cnc[nH]1)NC(=O)[C@H](CC(=O)O)NC(=O)[C@H](Cc1c[nH]c3ccc(F)cc13)NC(=O)[C@H](Cc1c[nH]c3ccc(F)cc13)NC(=O)CNC(=O)[C@H](CCCCN)NC(=O)CCSCc1cccc(c1)CSC[C@@H](C(N)=O)NC2=O. The molecule has 7 aromatic rings. The molecular weight excluding hydrogens is 1350 g/mol. The van der Waals surface area contributed by atoms with Crippen molar-refractivity contribution >= 4 is 110 Å². The number of primary amides is 1. The number of amides is 10. The van der Waals surface area contributed by atoms with E-state index >= 15 is 18.8 Å². The highest BCUT2D eigenvalue weighted by molar-refractivity contribution is 7.98. The van der Waals surface area contributed by atoms with E-state index in [-0.39, 0.29) is 66.6 Å². The number of aromatic nitrogens is 4. The third-order valence-corrected chi connectivity index (χ3v) is 19.7. The molecule has 9 rings (SSSR count). The predicted octanol–water partition coefficient (Wildman–Crippen LogP) is 2.61. The van der Waals surface area contributed by atoms with Gasteiger partial charge in [-0.25, -0.2) is 18.2 Å². The summed E-state index contributed by atoms with van der Waals surface area (Å²) in [7, 11) is 0. The van der Waals surface area contributed by atoms with Gasteiger partial charge in [-0.2, -0.15) is 23.5 Å². The second-order valence-corrected chi connectivity index (χ2v) is 27.1.